The second kappa shape index (κ2) is 6.33. The third kappa shape index (κ3) is 2.67. The summed E-state index contributed by atoms with van der Waals surface area (Å²) >= 11 is 0. The molecule has 8 bridgehead atoms. The minimum absolute atomic E-state index is 0.423. The first-order chi connectivity index (χ1) is 16.0. The molecule has 0 heteroatoms. The Balaban J connectivity index is 1.47. The van der Waals surface area contributed by atoms with E-state index in [9.17, 15) is 0 Å². The summed E-state index contributed by atoms with van der Waals surface area (Å²) in [7, 11) is 0. The second-order valence-corrected chi connectivity index (χ2v) is 16.1. The zero-order chi connectivity index (χ0) is 23.8. The van der Waals surface area contributed by atoms with Crippen molar-refractivity contribution in [2.24, 2.45) is 44.3 Å². The molecule has 8 fully saturated rings. The number of hydrogen-bond donors (Lipinski definition) is 0. The van der Waals surface area contributed by atoms with Gasteiger partial charge >= 0.3 is 0 Å². The highest BCUT2D eigenvalue weighted by Gasteiger charge is 2.75. The Kier molecular flexibility index (Phi) is 4.08. The van der Waals surface area contributed by atoms with E-state index in [4.69, 9.17) is 0 Å². The summed E-state index contributed by atoms with van der Waals surface area (Å²) in [6.07, 6.45) is 20.6. The molecule has 0 radical (unpaired) electrons. The molecule has 0 nitrogen and oxygen atoms in total. The van der Waals surface area contributed by atoms with Crippen molar-refractivity contribution in [2.75, 3.05) is 0 Å². The molecule has 8 aliphatic carbocycles. The van der Waals surface area contributed by atoms with Gasteiger partial charge in [-0.05, 0) is 144 Å². The van der Waals surface area contributed by atoms with Gasteiger partial charge < -0.3 is 0 Å². The third-order valence-electron chi connectivity index (χ3n) is 12.6. The maximum Gasteiger partial charge on any atom is -0.00395 e. The fraction of sp³-hybridized carbons (Fsp3) is 0.706. The van der Waals surface area contributed by atoms with E-state index < -0.39 is 0 Å². The number of benzene rings is 1. The normalized spacial score (nSPS) is 54.4. The Bertz CT molecular complexity index is 1070. The molecule has 8 aliphatic rings. The van der Waals surface area contributed by atoms with Gasteiger partial charge in [0.25, 0.3) is 0 Å². The van der Waals surface area contributed by atoms with Gasteiger partial charge in [0.15, 0.2) is 0 Å². The smallest absolute Gasteiger partial charge is 0.00395 e. The molecule has 0 heterocycles. The Hall–Kier alpha value is -1.30. The van der Waals surface area contributed by atoms with Crippen LogP contribution in [0.4, 0.5) is 0 Å². The molecule has 34 heavy (non-hydrogen) atoms. The van der Waals surface area contributed by atoms with Crippen molar-refractivity contribution in [2.45, 2.75) is 104 Å². The van der Waals surface area contributed by atoms with Crippen LogP contribution in [0.2, 0.25) is 0 Å². The molecule has 7 atom stereocenters. The van der Waals surface area contributed by atoms with Crippen LogP contribution in [0, 0.1) is 44.3 Å². The molecule has 0 aliphatic heterocycles. The molecule has 1 aromatic carbocycles. The fourth-order valence-electron chi connectivity index (χ4n) is 13.8. The van der Waals surface area contributed by atoms with Gasteiger partial charge in [-0.25, -0.2) is 0 Å². The molecule has 0 spiro atoms. The Morgan fingerprint density at radius 1 is 0.706 bits per heavy atom. The highest BCUT2D eigenvalue weighted by molar-refractivity contribution is 5.61. The van der Waals surface area contributed by atoms with E-state index in [1.807, 2.05) is 6.08 Å². The summed E-state index contributed by atoms with van der Waals surface area (Å²) in [6.45, 7) is 19.2. The van der Waals surface area contributed by atoms with E-state index >= 15 is 0 Å². The molecule has 9 rings (SSSR count). The Morgan fingerprint density at radius 2 is 1.35 bits per heavy atom. The second-order valence-electron chi connectivity index (χ2n) is 16.1. The van der Waals surface area contributed by atoms with Crippen LogP contribution in [0.3, 0.4) is 0 Å². The van der Waals surface area contributed by atoms with E-state index in [0.29, 0.717) is 38.4 Å². The van der Waals surface area contributed by atoms with Crippen LogP contribution in [-0.2, 0) is 0 Å². The van der Waals surface area contributed by atoms with Gasteiger partial charge in [-0.3, -0.25) is 0 Å². The van der Waals surface area contributed by atoms with Crippen molar-refractivity contribution in [1.82, 2.24) is 0 Å². The fourth-order valence-corrected chi connectivity index (χ4v) is 13.8. The molecule has 1 aromatic rings. The molecule has 0 saturated heterocycles. The van der Waals surface area contributed by atoms with Gasteiger partial charge in [-0.1, -0.05) is 65.1 Å². The van der Waals surface area contributed by atoms with E-state index in [2.05, 4.69) is 65.1 Å². The van der Waals surface area contributed by atoms with Crippen LogP contribution >= 0.6 is 0 Å². The molecule has 8 saturated carbocycles. The van der Waals surface area contributed by atoms with Gasteiger partial charge in [0.2, 0.25) is 0 Å². The van der Waals surface area contributed by atoms with Gasteiger partial charge in [-0.15, -0.1) is 0 Å². The molecule has 7 unspecified atom stereocenters. The molecule has 0 amide bonds. The Labute approximate surface area is 208 Å². The summed E-state index contributed by atoms with van der Waals surface area (Å²) in [6, 6.07) is 7.24. The van der Waals surface area contributed by atoms with Crippen LogP contribution in [0.25, 0.3) is 12.2 Å². The summed E-state index contributed by atoms with van der Waals surface area (Å²) in [5.74, 6) is 2.60. The minimum Gasteiger partial charge on any atom is -0.0985 e. The largest absolute Gasteiger partial charge is 0.0985 e. The van der Waals surface area contributed by atoms with Crippen LogP contribution < -0.4 is 0 Å². The molecule has 0 N–H and O–H groups in total. The summed E-state index contributed by atoms with van der Waals surface area (Å²) in [5, 5.41) is 0. The predicted molar refractivity (Wildman–Crippen MR) is 144 cm³/mol. The maximum atomic E-state index is 4.32. The molecule has 0 aromatic heterocycles. The van der Waals surface area contributed by atoms with Crippen LogP contribution in [0.5, 0.6) is 0 Å². The van der Waals surface area contributed by atoms with E-state index in [1.54, 1.807) is 5.56 Å². The average Bonchev–Trinajstić information content (AvgIpc) is 2.69. The quantitative estimate of drug-likeness (QED) is 0.425. The first-order valence-electron chi connectivity index (χ1n) is 14.4. The third-order valence-corrected chi connectivity index (χ3v) is 12.6. The number of hydrogen-bond acceptors (Lipinski definition) is 0. The zero-order valence-electron chi connectivity index (χ0n) is 22.3. The van der Waals surface area contributed by atoms with Crippen LogP contribution in [0.15, 0.2) is 31.4 Å². The summed E-state index contributed by atoms with van der Waals surface area (Å²) in [4.78, 5) is 0. The lowest BCUT2D eigenvalue weighted by Gasteiger charge is -2.79. The average molecular weight is 455 g/mol. The van der Waals surface area contributed by atoms with Gasteiger partial charge in [0.05, 0.1) is 0 Å². The topological polar surface area (TPSA) is 0 Å². The minimum atomic E-state index is 0.423. The standard InChI is InChI=1S/C34H46/c1-7-23-9-10-27(26(8-2)11-23)28-32(6)15-25-14-31(5,19-32)22-34(28,17-25)33-16-24-12-29(3,20-33)18-30(4,13-24)21-33/h7-11,24-25,28H,1-2,12-22H2,3-6H3. The van der Waals surface area contributed by atoms with E-state index in [1.165, 1.54) is 81.8 Å². The van der Waals surface area contributed by atoms with Crippen LogP contribution in [0.1, 0.15) is 121 Å². The lowest BCUT2D eigenvalue weighted by molar-refractivity contribution is -0.275. The summed E-state index contributed by atoms with van der Waals surface area (Å²) < 4.78 is 0. The van der Waals surface area contributed by atoms with Crippen molar-refractivity contribution < 1.29 is 0 Å². The van der Waals surface area contributed by atoms with Gasteiger partial charge in [0, 0.05) is 0 Å². The van der Waals surface area contributed by atoms with E-state index in [0.717, 1.165) is 11.8 Å². The highest BCUT2D eigenvalue weighted by atomic mass is 14.8. The van der Waals surface area contributed by atoms with Crippen molar-refractivity contribution in [3.8, 4) is 0 Å². The molecular weight excluding hydrogens is 408 g/mol. The monoisotopic (exact) mass is 454 g/mol. The molecular formula is C34H46. The first kappa shape index (κ1) is 21.9. The lowest BCUT2D eigenvalue weighted by atomic mass is 9.25. The van der Waals surface area contributed by atoms with Crippen molar-refractivity contribution in [3.63, 3.8) is 0 Å². The van der Waals surface area contributed by atoms with Crippen molar-refractivity contribution in [3.05, 3.63) is 48.0 Å². The summed E-state index contributed by atoms with van der Waals surface area (Å²) in [5.41, 5.74) is 7.40. The van der Waals surface area contributed by atoms with Gasteiger partial charge in [-0.2, -0.15) is 0 Å². The zero-order valence-corrected chi connectivity index (χ0v) is 22.3. The first-order valence-corrected chi connectivity index (χ1v) is 14.4. The van der Waals surface area contributed by atoms with Crippen molar-refractivity contribution >= 4 is 12.2 Å². The highest BCUT2D eigenvalue weighted by Crippen LogP contribution is 2.85. The number of rotatable bonds is 4. The lowest BCUT2D eigenvalue weighted by Crippen LogP contribution is -2.69. The van der Waals surface area contributed by atoms with Crippen molar-refractivity contribution in [1.29, 1.82) is 0 Å². The van der Waals surface area contributed by atoms with Crippen LogP contribution in [-0.4, -0.2) is 0 Å². The van der Waals surface area contributed by atoms with E-state index in [-0.39, 0.29) is 0 Å². The Morgan fingerprint density at radius 3 is 1.94 bits per heavy atom. The van der Waals surface area contributed by atoms with Gasteiger partial charge in [0.1, 0.15) is 0 Å². The predicted octanol–water partition coefficient (Wildman–Crippen LogP) is 9.66. The maximum absolute atomic E-state index is 4.32. The molecule has 182 valence electrons. The SMILES string of the molecule is C=Cc1ccc(C2C3(C)CC4CC(C)(C3)CC2(C23CC5CC(C)(CC(C)(C5)C2)C3)C4)c(C=C)c1.